The van der Waals surface area contributed by atoms with Gasteiger partial charge in [-0.1, -0.05) is 0 Å². The van der Waals surface area contributed by atoms with Gasteiger partial charge in [-0.15, -0.1) is 11.8 Å². The predicted octanol–water partition coefficient (Wildman–Crippen LogP) is 3.10. The number of thioether (sulfide) groups is 1. The molecule has 23 heavy (non-hydrogen) atoms. The Balaban J connectivity index is 1.71. The number of carbonyl (C=O) groups is 2. The molecule has 1 N–H and O–H groups in total. The SMILES string of the molecule is C[C@@]12CCC(=O)N1[C@@H](C(=O)Nc1ccc(C(F)(F)F)cc1)CS2. The maximum Gasteiger partial charge on any atom is 0.416 e. The van der Waals surface area contributed by atoms with E-state index in [0.717, 1.165) is 12.1 Å². The van der Waals surface area contributed by atoms with E-state index in [2.05, 4.69) is 5.32 Å². The van der Waals surface area contributed by atoms with Crippen LogP contribution in [-0.4, -0.2) is 33.4 Å². The van der Waals surface area contributed by atoms with Gasteiger partial charge in [-0.2, -0.15) is 13.2 Å². The summed E-state index contributed by atoms with van der Waals surface area (Å²) in [6, 6.07) is 3.69. The Labute approximate surface area is 135 Å². The number of hydrogen-bond donors (Lipinski definition) is 1. The van der Waals surface area contributed by atoms with Gasteiger partial charge in [0.1, 0.15) is 6.04 Å². The molecule has 2 aliphatic rings. The number of nitrogens with one attached hydrogen (secondary N) is 1. The molecule has 2 heterocycles. The highest BCUT2D eigenvalue weighted by molar-refractivity contribution is 8.01. The molecule has 0 aromatic heterocycles. The molecule has 0 aliphatic carbocycles. The number of anilines is 1. The van der Waals surface area contributed by atoms with Crippen LogP contribution >= 0.6 is 11.8 Å². The molecule has 124 valence electrons. The molecule has 8 heteroatoms. The van der Waals surface area contributed by atoms with E-state index in [1.54, 1.807) is 16.7 Å². The Kier molecular flexibility index (Phi) is 3.82. The van der Waals surface area contributed by atoms with Gasteiger partial charge in [-0.3, -0.25) is 9.59 Å². The number of fused-ring (bicyclic) bond motifs is 1. The fraction of sp³-hybridized carbons (Fsp3) is 0.467. The molecule has 1 aromatic carbocycles. The Hall–Kier alpha value is -1.70. The van der Waals surface area contributed by atoms with Crippen LogP contribution in [0, 0.1) is 0 Å². The molecule has 2 amide bonds. The molecule has 0 unspecified atom stereocenters. The molecule has 2 atom stereocenters. The number of amides is 2. The van der Waals surface area contributed by atoms with Crippen molar-refractivity contribution < 1.29 is 22.8 Å². The largest absolute Gasteiger partial charge is 0.416 e. The lowest BCUT2D eigenvalue weighted by molar-refractivity contribution is -0.137. The van der Waals surface area contributed by atoms with Crippen molar-refractivity contribution >= 4 is 29.3 Å². The Bertz CT molecular complexity index is 647. The summed E-state index contributed by atoms with van der Waals surface area (Å²) < 4.78 is 37.6. The van der Waals surface area contributed by atoms with Crippen molar-refractivity contribution in [2.24, 2.45) is 0 Å². The number of halogens is 3. The van der Waals surface area contributed by atoms with Crippen molar-refractivity contribution in [3.05, 3.63) is 29.8 Å². The van der Waals surface area contributed by atoms with E-state index in [4.69, 9.17) is 0 Å². The first-order valence-corrected chi connectivity index (χ1v) is 8.13. The zero-order valence-electron chi connectivity index (χ0n) is 12.3. The van der Waals surface area contributed by atoms with Crippen LogP contribution in [0.1, 0.15) is 25.3 Å². The van der Waals surface area contributed by atoms with Crippen LogP contribution in [0.25, 0.3) is 0 Å². The number of rotatable bonds is 2. The first-order chi connectivity index (χ1) is 10.7. The smallest absolute Gasteiger partial charge is 0.324 e. The van der Waals surface area contributed by atoms with Crippen molar-refractivity contribution in [1.82, 2.24) is 4.90 Å². The second-order valence-electron chi connectivity index (χ2n) is 5.83. The van der Waals surface area contributed by atoms with Gasteiger partial charge in [0.25, 0.3) is 0 Å². The summed E-state index contributed by atoms with van der Waals surface area (Å²) >= 11 is 1.57. The van der Waals surface area contributed by atoms with Gasteiger partial charge in [-0.25, -0.2) is 0 Å². The van der Waals surface area contributed by atoms with Crippen LogP contribution in [0.3, 0.4) is 0 Å². The molecule has 4 nitrogen and oxygen atoms in total. The van der Waals surface area contributed by atoms with E-state index in [9.17, 15) is 22.8 Å². The standard InChI is InChI=1S/C15H15F3N2O2S/c1-14-7-6-12(21)20(14)11(8-23-14)13(22)19-10-4-2-9(3-5-10)15(16,17)18/h2-5,11H,6-8H2,1H3,(H,19,22)/t11-,14-/m1/s1. The average molecular weight is 344 g/mol. The van der Waals surface area contributed by atoms with Crippen LogP contribution in [-0.2, 0) is 15.8 Å². The first kappa shape index (κ1) is 16.2. The average Bonchev–Trinajstić information content (AvgIpc) is 2.96. The molecule has 0 radical (unpaired) electrons. The van der Waals surface area contributed by atoms with Crippen molar-refractivity contribution in [3.63, 3.8) is 0 Å². The molecule has 2 fully saturated rings. The lowest BCUT2D eigenvalue weighted by Gasteiger charge is -2.29. The summed E-state index contributed by atoms with van der Waals surface area (Å²) in [5, 5.41) is 2.60. The summed E-state index contributed by atoms with van der Waals surface area (Å²) in [5.41, 5.74) is -0.484. The van der Waals surface area contributed by atoms with E-state index in [0.29, 0.717) is 18.6 Å². The summed E-state index contributed by atoms with van der Waals surface area (Å²) in [5.74, 6) is 0.0793. The van der Waals surface area contributed by atoms with Gasteiger partial charge in [0, 0.05) is 17.9 Å². The number of benzene rings is 1. The van der Waals surface area contributed by atoms with E-state index in [-0.39, 0.29) is 22.4 Å². The van der Waals surface area contributed by atoms with Gasteiger partial charge in [0.15, 0.2) is 0 Å². The van der Waals surface area contributed by atoms with E-state index >= 15 is 0 Å². The predicted molar refractivity (Wildman–Crippen MR) is 80.8 cm³/mol. The van der Waals surface area contributed by atoms with Gasteiger partial charge in [-0.05, 0) is 37.6 Å². The molecular weight excluding hydrogens is 329 g/mol. The van der Waals surface area contributed by atoms with Gasteiger partial charge in [0.05, 0.1) is 10.4 Å². The maximum atomic E-state index is 12.5. The maximum absolute atomic E-state index is 12.5. The van der Waals surface area contributed by atoms with E-state index < -0.39 is 17.8 Å². The molecule has 1 aromatic rings. The van der Waals surface area contributed by atoms with Crippen LogP contribution in [0.15, 0.2) is 24.3 Å². The van der Waals surface area contributed by atoms with Crippen molar-refractivity contribution in [3.8, 4) is 0 Å². The summed E-state index contributed by atoms with van der Waals surface area (Å²) in [7, 11) is 0. The number of nitrogens with zero attached hydrogens (tertiary/aromatic N) is 1. The van der Waals surface area contributed by atoms with Gasteiger partial charge in [0.2, 0.25) is 11.8 Å². The van der Waals surface area contributed by atoms with Crippen molar-refractivity contribution in [2.75, 3.05) is 11.1 Å². The lowest BCUT2D eigenvalue weighted by Crippen LogP contribution is -2.48. The molecule has 0 saturated carbocycles. The quantitative estimate of drug-likeness (QED) is 0.897. The third kappa shape index (κ3) is 2.91. The minimum absolute atomic E-state index is 0.0509. The molecule has 2 saturated heterocycles. The summed E-state index contributed by atoms with van der Waals surface area (Å²) in [6.45, 7) is 1.94. The zero-order valence-corrected chi connectivity index (χ0v) is 13.1. The Morgan fingerprint density at radius 1 is 1.35 bits per heavy atom. The van der Waals surface area contributed by atoms with Crippen molar-refractivity contribution in [2.45, 2.75) is 36.9 Å². The number of carbonyl (C=O) groups excluding carboxylic acids is 2. The third-order valence-electron chi connectivity index (χ3n) is 4.23. The van der Waals surface area contributed by atoms with Crippen LogP contribution in [0.4, 0.5) is 18.9 Å². The minimum Gasteiger partial charge on any atom is -0.324 e. The molecule has 0 spiro atoms. The molecule has 0 bridgehead atoms. The number of alkyl halides is 3. The monoisotopic (exact) mass is 344 g/mol. The van der Waals surface area contributed by atoms with Gasteiger partial charge >= 0.3 is 6.18 Å². The second kappa shape index (κ2) is 5.43. The fourth-order valence-corrected chi connectivity index (χ4v) is 4.41. The highest BCUT2D eigenvalue weighted by atomic mass is 32.2. The Morgan fingerprint density at radius 2 is 2.00 bits per heavy atom. The number of hydrogen-bond acceptors (Lipinski definition) is 3. The first-order valence-electron chi connectivity index (χ1n) is 7.15. The molecule has 2 aliphatic heterocycles. The summed E-state index contributed by atoms with van der Waals surface area (Å²) in [4.78, 5) is 25.6. The summed E-state index contributed by atoms with van der Waals surface area (Å²) in [6.07, 6.45) is -3.28. The van der Waals surface area contributed by atoms with Crippen LogP contribution in [0.5, 0.6) is 0 Å². The van der Waals surface area contributed by atoms with Gasteiger partial charge < -0.3 is 10.2 Å². The topological polar surface area (TPSA) is 49.4 Å². The van der Waals surface area contributed by atoms with E-state index in [1.165, 1.54) is 12.1 Å². The molecular formula is C15H15F3N2O2S. The van der Waals surface area contributed by atoms with Crippen LogP contribution in [0.2, 0.25) is 0 Å². The molecule has 3 rings (SSSR count). The lowest BCUT2D eigenvalue weighted by atomic mass is 10.2. The normalized spacial score (nSPS) is 27.2. The second-order valence-corrected chi connectivity index (χ2v) is 7.33. The highest BCUT2D eigenvalue weighted by Crippen LogP contribution is 2.47. The van der Waals surface area contributed by atoms with Crippen molar-refractivity contribution in [1.29, 1.82) is 0 Å². The third-order valence-corrected chi connectivity index (χ3v) is 5.73. The zero-order chi connectivity index (χ0) is 16.8. The Morgan fingerprint density at radius 3 is 2.61 bits per heavy atom. The van der Waals surface area contributed by atoms with Crippen LogP contribution < -0.4 is 5.32 Å². The van der Waals surface area contributed by atoms with E-state index in [1.807, 2.05) is 6.92 Å². The fourth-order valence-electron chi connectivity index (χ4n) is 2.98. The minimum atomic E-state index is -4.41. The highest BCUT2D eigenvalue weighted by Gasteiger charge is 2.52.